The van der Waals surface area contributed by atoms with Crippen LogP contribution in [-0.4, -0.2) is 28.9 Å². The molecule has 0 aliphatic rings. The van der Waals surface area contributed by atoms with E-state index in [1.165, 1.54) is 0 Å². The lowest BCUT2D eigenvalue weighted by molar-refractivity contribution is 0.00947. The number of nitrogens with zero attached hydrogens (tertiary/aromatic N) is 2. The maximum absolute atomic E-state index is 6.02. The van der Waals surface area contributed by atoms with E-state index in [1.807, 2.05) is 43.5 Å². The van der Waals surface area contributed by atoms with Gasteiger partial charge in [0.1, 0.15) is 11.3 Å². The van der Waals surface area contributed by atoms with Crippen molar-refractivity contribution in [2.45, 2.75) is 32.9 Å². The molecule has 0 fully saturated rings. The number of methoxy groups -OCH3 is 1. The lowest BCUT2D eigenvalue weighted by Gasteiger charge is -2.24. The molecule has 0 spiro atoms. The van der Waals surface area contributed by atoms with Crippen LogP contribution in [0.15, 0.2) is 18.2 Å². The number of anilines is 1. The van der Waals surface area contributed by atoms with Gasteiger partial charge in [-0.1, -0.05) is 6.07 Å². The molecule has 0 radical (unpaired) electrons. The zero-order chi connectivity index (χ0) is 14.0. The van der Waals surface area contributed by atoms with Gasteiger partial charge in [-0.25, -0.2) is 4.98 Å². The second-order valence-electron chi connectivity index (χ2n) is 5.08. The number of nitrogen functional groups attached to an aromatic ring is 1. The van der Waals surface area contributed by atoms with Crippen molar-refractivity contribution in [1.82, 2.24) is 9.55 Å². The van der Waals surface area contributed by atoms with Crippen LogP contribution in [0.5, 0.6) is 5.75 Å². The van der Waals surface area contributed by atoms with Crippen LogP contribution in [0.25, 0.3) is 11.0 Å². The Morgan fingerprint density at radius 1 is 1.37 bits per heavy atom. The Hall–Kier alpha value is -1.75. The molecule has 0 bridgehead atoms. The second-order valence-corrected chi connectivity index (χ2v) is 5.08. The molecule has 2 N–H and O–H groups in total. The van der Waals surface area contributed by atoms with Gasteiger partial charge in [0.25, 0.3) is 0 Å². The van der Waals surface area contributed by atoms with E-state index in [-0.39, 0.29) is 5.60 Å². The van der Waals surface area contributed by atoms with Crippen molar-refractivity contribution in [2.24, 2.45) is 0 Å². The average molecular weight is 263 g/mol. The van der Waals surface area contributed by atoms with Gasteiger partial charge in [0, 0.05) is 7.11 Å². The zero-order valence-electron chi connectivity index (χ0n) is 11.9. The molecule has 0 unspecified atom stereocenters. The molecule has 5 heteroatoms. The standard InChI is InChI=1S/C14H21N3O2/c1-5-19-11-8-6-7-10-12(11)16-13(15)17(10)9-14(2,3)18-4/h6-8H,5,9H2,1-4H3,(H2,15,16). The van der Waals surface area contributed by atoms with Crippen LogP contribution in [0.1, 0.15) is 20.8 Å². The van der Waals surface area contributed by atoms with E-state index in [4.69, 9.17) is 15.2 Å². The highest BCUT2D eigenvalue weighted by molar-refractivity contribution is 5.84. The first-order valence-corrected chi connectivity index (χ1v) is 6.41. The van der Waals surface area contributed by atoms with Crippen LogP contribution in [-0.2, 0) is 11.3 Å². The van der Waals surface area contributed by atoms with E-state index < -0.39 is 0 Å². The SMILES string of the molecule is CCOc1cccc2c1nc(N)n2CC(C)(C)OC. The minimum absolute atomic E-state index is 0.302. The smallest absolute Gasteiger partial charge is 0.201 e. The number of fused-ring (bicyclic) bond motifs is 1. The monoisotopic (exact) mass is 263 g/mol. The van der Waals surface area contributed by atoms with Crippen molar-refractivity contribution in [3.8, 4) is 5.75 Å². The van der Waals surface area contributed by atoms with Crippen molar-refractivity contribution < 1.29 is 9.47 Å². The van der Waals surface area contributed by atoms with E-state index in [2.05, 4.69) is 4.98 Å². The summed E-state index contributed by atoms with van der Waals surface area (Å²) in [6, 6.07) is 5.85. The first kappa shape index (κ1) is 13.7. The van der Waals surface area contributed by atoms with Gasteiger partial charge in [-0.2, -0.15) is 0 Å². The van der Waals surface area contributed by atoms with Gasteiger partial charge in [-0.15, -0.1) is 0 Å². The highest BCUT2D eigenvalue weighted by atomic mass is 16.5. The third kappa shape index (κ3) is 2.66. The number of aromatic nitrogens is 2. The summed E-state index contributed by atoms with van der Waals surface area (Å²) in [5.41, 5.74) is 7.48. The molecule has 2 aromatic rings. The van der Waals surface area contributed by atoms with Crippen molar-refractivity contribution in [3.05, 3.63) is 18.2 Å². The molecule has 2 rings (SSSR count). The topological polar surface area (TPSA) is 62.3 Å². The van der Waals surface area contributed by atoms with Crippen LogP contribution in [0.4, 0.5) is 5.95 Å². The molecule has 19 heavy (non-hydrogen) atoms. The highest BCUT2D eigenvalue weighted by Crippen LogP contribution is 2.28. The second kappa shape index (κ2) is 5.09. The van der Waals surface area contributed by atoms with Crippen LogP contribution in [0.2, 0.25) is 0 Å². The van der Waals surface area contributed by atoms with Crippen LogP contribution < -0.4 is 10.5 Å². The fourth-order valence-corrected chi connectivity index (χ4v) is 2.02. The van der Waals surface area contributed by atoms with Crippen LogP contribution in [0, 0.1) is 0 Å². The van der Waals surface area contributed by atoms with E-state index in [0.29, 0.717) is 19.1 Å². The highest BCUT2D eigenvalue weighted by Gasteiger charge is 2.21. The summed E-state index contributed by atoms with van der Waals surface area (Å²) < 4.78 is 13.0. The van der Waals surface area contributed by atoms with Gasteiger partial charge in [0.05, 0.1) is 24.3 Å². The number of benzene rings is 1. The van der Waals surface area contributed by atoms with E-state index >= 15 is 0 Å². The summed E-state index contributed by atoms with van der Waals surface area (Å²) in [5, 5.41) is 0. The molecule has 5 nitrogen and oxygen atoms in total. The number of hydrogen-bond donors (Lipinski definition) is 1. The summed E-state index contributed by atoms with van der Waals surface area (Å²) in [4.78, 5) is 4.41. The number of rotatable bonds is 5. The van der Waals surface area contributed by atoms with Gasteiger partial charge in [-0.05, 0) is 32.9 Å². The Morgan fingerprint density at radius 3 is 2.74 bits per heavy atom. The number of ether oxygens (including phenoxy) is 2. The molecular formula is C14H21N3O2. The Balaban J connectivity index is 2.50. The maximum atomic E-state index is 6.02. The van der Waals surface area contributed by atoms with Crippen LogP contribution >= 0.6 is 0 Å². The largest absolute Gasteiger partial charge is 0.492 e. The summed E-state index contributed by atoms with van der Waals surface area (Å²) in [7, 11) is 1.70. The summed E-state index contributed by atoms with van der Waals surface area (Å²) >= 11 is 0. The molecule has 1 aromatic carbocycles. The normalized spacial score (nSPS) is 12.0. The molecule has 0 saturated carbocycles. The van der Waals surface area contributed by atoms with Crippen molar-refractivity contribution in [3.63, 3.8) is 0 Å². The fourth-order valence-electron chi connectivity index (χ4n) is 2.02. The van der Waals surface area contributed by atoms with Crippen LogP contribution in [0.3, 0.4) is 0 Å². The third-order valence-electron chi connectivity index (χ3n) is 3.16. The maximum Gasteiger partial charge on any atom is 0.201 e. The van der Waals surface area contributed by atoms with Gasteiger partial charge < -0.3 is 19.8 Å². The molecule has 0 atom stereocenters. The first-order chi connectivity index (χ1) is 8.98. The zero-order valence-corrected chi connectivity index (χ0v) is 11.9. The summed E-state index contributed by atoms with van der Waals surface area (Å²) in [6.07, 6.45) is 0. The Bertz CT molecular complexity index is 575. The van der Waals surface area contributed by atoms with Crippen molar-refractivity contribution in [1.29, 1.82) is 0 Å². The predicted molar refractivity (Wildman–Crippen MR) is 76.4 cm³/mol. The lowest BCUT2D eigenvalue weighted by Crippen LogP contribution is -2.29. The number of hydrogen-bond acceptors (Lipinski definition) is 4. The van der Waals surface area contributed by atoms with E-state index in [0.717, 1.165) is 16.8 Å². The van der Waals surface area contributed by atoms with Gasteiger partial charge in [-0.3, -0.25) is 0 Å². The Labute approximate surface area is 113 Å². The van der Waals surface area contributed by atoms with E-state index in [9.17, 15) is 0 Å². The molecule has 104 valence electrons. The molecule has 1 aromatic heterocycles. The average Bonchev–Trinajstić information content (AvgIpc) is 2.68. The molecule has 0 aliphatic carbocycles. The molecular weight excluding hydrogens is 242 g/mol. The minimum Gasteiger partial charge on any atom is -0.492 e. The molecule has 0 saturated heterocycles. The Kier molecular flexibility index (Phi) is 3.66. The first-order valence-electron chi connectivity index (χ1n) is 6.41. The van der Waals surface area contributed by atoms with Gasteiger partial charge >= 0.3 is 0 Å². The quantitative estimate of drug-likeness (QED) is 0.900. The molecule has 0 aliphatic heterocycles. The molecule has 0 amide bonds. The van der Waals surface area contributed by atoms with Crippen molar-refractivity contribution >= 4 is 17.0 Å². The predicted octanol–water partition coefficient (Wildman–Crippen LogP) is 2.44. The number of nitrogens with two attached hydrogens (primary N) is 1. The Morgan fingerprint density at radius 2 is 2.11 bits per heavy atom. The summed E-state index contributed by atoms with van der Waals surface area (Å²) in [5.74, 6) is 1.24. The van der Waals surface area contributed by atoms with Gasteiger partial charge in [0.15, 0.2) is 0 Å². The van der Waals surface area contributed by atoms with Crippen molar-refractivity contribution in [2.75, 3.05) is 19.5 Å². The minimum atomic E-state index is -0.302. The van der Waals surface area contributed by atoms with E-state index in [1.54, 1.807) is 7.11 Å². The lowest BCUT2D eigenvalue weighted by atomic mass is 10.1. The number of imidazole rings is 1. The third-order valence-corrected chi connectivity index (χ3v) is 3.16. The molecule has 1 heterocycles. The number of para-hydroxylation sites is 1. The van der Waals surface area contributed by atoms with Gasteiger partial charge in [0.2, 0.25) is 5.95 Å². The summed E-state index contributed by atoms with van der Waals surface area (Å²) in [6.45, 7) is 7.24. The fraction of sp³-hybridized carbons (Fsp3) is 0.500.